The molecule has 0 bridgehead atoms. The number of hydrogen-bond donors (Lipinski definition) is 1. The van der Waals surface area contributed by atoms with E-state index in [1.807, 2.05) is 0 Å². The lowest BCUT2D eigenvalue weighted by atomic mass is 9.95. The molecule has 0 aromatic heterocycles. The molecule has 0 radical (unpaired) electrons. The van der Waals surface area contributed by atoms with Gasteiger partial charge in [0.05, 0.1) is 0 Å². The molecule has 0 saturated heterocycles. The van der Waals surface area contributed by atoms with Gasteiger partial charge in [0.15, 0.2) is 0 Å². The van der Waals surface area contributed by atoms with Gasteiger partial charge in [-0.2, -0.15) is 13.2 Å². The molecule has 1 N–H and O–H groups in total. The van der Waals surface area contributed by atoms with E-state index >= 15 is 0 Å². The Labute approximate surface area is 102 Å². The maximum Gasteiger partial charge on any atom is 0.411 e. The van der Waals surface area contributed by atoms with Crippen molar-refractivity contribution in [3.63, 3.8) is 0 Å². The highest BCUT2D eigenvalue weighted by Gasteiger charge is 2.27. The van der Waals surface area contributed by atoms with E-state index in [1.165, 1.54) is 0 Å². The van der Waals surface area contributed by atoms with Crippen molar-refractivity contribution < 1.29 is 17.9 Å². The van der Waals surface area contributed by atoms with Gasteiger partial charge in [0.2, 0.25) is 0 Å². The van der Waals surface area contributed by atoms with Crippen LogP contribution in [0.4, 0.5) is 13.2 Å². The molecule has 0 saturated carbocycles. The Kier molecular flexibility index (Phi) is 8.60. The first-order chi connectivity index (χ1) is 7.90. The van der Waals surface area contributed by atoms with Crippen LogP contribution in [0.3, 0.4) is 0 Å². The van der Waals surface area contributed by atoms with Crippen LogP contribution in [0.5, 0.6) is 0 Å². The molecule has 5 heteroatoms. The van der Waals surface area contributed by atoms with Crippen LogP contribution in [0.25, 0.3) is 0 Å². The predicted octanol–water partition coefficient (Wildman–Crippen LogP) is 3.37. The van der Waals surface area contributed by atoms with E-state index < -0.39 is 12.8 Å². The van der Waals surface area contributed by atoms with Crippen molar-refractivity contribution in [3.05, 3.63) is 0 Å². The molecule has 0 aromatic rings. The van der Waals surface area contributed by atoms with E-state index in [9.17, 15) is 13.2 Å². The molecule has 17 heavy (non-hydrogen) atoms. The molecule has 0 fully saturated rings. The first-order valence-corrected chi connectivity index (χ1v) is 6.28. The number of halogens is 3. The predicted molar refractivity (Wildman–Crippen MR) is 63.0 cm³/mol. The van der Waals surface area contributed by atoms with Gasteiger partial charge >= 0.3 is 6.18 Å². The van der Waals surface area contributed by atoms with E-state index in [2.05, 4.69) is 30.8 Å². The summed E-state index contributed by atoms with van der Waals surface area (Å²) in [5, 5.41) is 3.32. The zero-order valence-corrected chi connectivity index (χ0v) is 10.9. The quantitative estimate of drug-likeness (QED) is 0.638. The van der Waals surface area contributed by atoms with Gasteiger partial charge in [0, 0.05) is 12.6 Å². The van der Waals surface area contributed by atoms with Gasteiger partial charge in [-0.3, -0.25) is 0 Å². The standard InChI is InChI=1S/C12H24F3NO/c1-4-11(5-2)10(3)16-7-6-8-17-9-12(13,14)15/h10-11,16H,4-9H2,1-3H3. The summed E-state index contributed by atoms with van der Waals surface area (Å²) in [4.78, 5) is 0. The fraction of sp³-hybridized carbons (Fsp3) is 1.00. The van der Waals surface area contributed by atoms with Crippen molar-refractivity contribution in [1.29, 1.82) is 0 Å². The van der Waals surface area contributed by atoms with Crippen LogP contribution >= 0.6 is 0 Å². The monoisotopic (exact) mass is 255 g/mol. The molecule has 0 aliphatic carbocycles. The summed E-state index contributed by atoms with van der Waals surface area (Å²) in [6.45, 7) is 6.14. The summed E-state index contributed by atoms with van der Waals surface area (Å²) >= 11 is 0. The van der Waals surface area contributed by atoms with E-state index in [1.54, 1.807) is 0 Å². The zero-order valence-electron chi connectivity index (χ0n) is 10.9. The van der Waals surface area contributed by atoms with Crippen molar-refractivity contribution in [2.75, 3.05) is 19.8 Å². The Morgan fingerprint density at radius 1 is 1.18 bits per heavy atom. The van der Waals surface area contributed by atoms with Crippen LogP contribution in [0.2, 0.25) is 0 Å². The third-order valence-electron chi connectivity index (χ3n) is 2.95. The minimum absolute atomic E-state index is 0.155. The fourth-order valence-corrected chi connectivity index (χ4v) is 1.85. The summed E-state index contributed by atoms with van der Waals surface area (Å²) in [5.74, 6) is 0.631. The summed E-state index contributed by atoms with van der Waals surface area (Å²) in [6.07, 6.45) is -1.36. The molecular formula is C12H24F3NO. The Balaban J connectivity index is 3.45. The molecular weight excluding hydrogens is 231 g/mol. The number of alkyl halides is 3. The lowest BCUT2D eigenvalue weighted by Gasteiger charge is -2.22. The average Bonchev–Trinajstić information content (AvgIpc) is 2.23. The molecule has 0 aliphatic heterocycles. The van der Waals surface area contributed by atoms with Gasteiger partial charge in [-0.25, -0.2) is 0 Å². The van der Waals surface area contributed by atoms with Crippen molar-refractivity contribution in [2.45, 2.75) is 52.3 Å². The Morgan fingerprint density at radius 3 is 2.24 bits per heavy atom. The summed E-state index contributed by atoms with van der Waals surface area (Å²) in [7, 11) is 0. The van der Waals surface area contributed by atoms with Crippen molar-refractivity contribution >= 4 is 0 Å². The number of ether oxygens (including phenoxy) is 1. The second kappa shape index (κ2) is 8.75. The fourth-order valence-electron chi connectivity index (χ4n) is 1.85. The Bertz CT molecular complexity index is 181. The van der Waals surface area contributed by atoms with Crippen LogP contribution in [0.1, 0.15) is 40.0 Å². The molecule has 0 rings (SSSR count). The molecule has 2 nitrogen and oxygen atoms in total. The van der Waals surface area contributed by atoms with Crippen LogP contribution in [0, 0.1) is 5.92 Å². The molecule has 0 heterocycles. The minimum Gasteiger partial charge on any atom is -0.372 e. The number of hydrogen-bond acceptors (Lipinski definition) is 2. The molecule has 1 unspecified atom stereocenters. The van der Waals surface area contributed by atoms with Crippen LogP contribution in [0.15, 0.2) is 0 Å². The average molecular weight is 255 g/mol. The molecule has 1 atom stereocenters. The zero-order chi connectivity index (χ0) is 13.3. The van der Waals surface area contributed by atoms with E-state index in [-0.39, 0.29) is 6.61 Å². The second-order valence-corrected chi connectivity index (χ2v) is 4.34. The SMILES string of the molecule is CCC(CC)C(C)NCCCOCC(F)(F)F. The highest BCUT2D eigenvalue weighted by molar-refractivity contribution is 4.69. The van der Waals surface area contributed by atoms with Gasteiger partial charge in [0.25, 0.3) is 0 Å². The van der Waals surface area contributed by atoms with Gasteiger partial charge in [-0.15, -0.1) is 0 Å². The van der Waals surface area contributed by atoms with E-state index in [0.717, 1.165) is 12.8 Å². The normalized spacial score (nSPS) is 14.3. The highest BCUT2D eigenvalue weighted by atomic mass is 19.4. The minimum atomic E-state index is -4.21. The molecule has 0 spiro atoms. The van der Waals surface area contributed by atoms with Crippen LogP contribution in [-0.2, 0) is 4.74 Å². The van der Waals surface area contributed by atoms with Crippen molar-refractivity contribution in [3.8, 4) is 0 Å². The third-order valence-corrected chi connectivity index (χ3v) is 2.95. The summed E-state index contributed by atoms with van der Waals surface area (Å²) in [6, 6.07) is 0.410. The van der Waals surface area contributed by atoms with Crippen LogP contribution in [-0.4, -0.2) is 32.0 Å². The molecule has 0 aliphatic rings. The maximum absolute atomic E-state index is 11.7. The van der Waals surface area contributed by atoms with E-state index in [4.69, 9.17) is 0 Å². The Hall–Kier alpha value is -0.290. The summed E-state index contributed by atoms with van der Waals surface area (Å²) in [5.41, 5.74) is 0. The third kappa shape index (κ3) is 9.41. The lowest BCUT2D eigenvalue weighted by molar-refractivity contribution is -0.173. The second-order valence-electron chi connectivity index (χ2n) is 4.34. The largest absolute Gasteiger partial charge is 0.411 e. The van der Waals surface area contributed by atoms with Gasteiger partial charge in [-0.05, 0) is 25.8 Å². The van der Waals surface area contributed by atoms with Crippen molar-refractivity contribution in [1.82, 2.24) is 5.32 Å². The van der Waals surface area contributed by atoms with Gasteiger partial charge in [0.1, 0.15) is 6.61 Å². The topological polar surface area (TPSA) is 21.3 Å². The number of rotatable bonds is 9. The van der Waals surface area contributed by atoms with Gasteiger partial charge in [-0.1, -0.05) is 26.7 Å². The van der Waals surface area contributed by atoms with Crippen LogP contribution < -0.4 is 5.32 Å². The maximum atomic E-state index is 11.7. The highest BCUT2D eigenvalue weighted by Crippen LogP contribution is 2.14. The first kappa shape index (κ1) is 16.7. The first-order valence-electron chi connectivity index (χ1n) is 6.28. The van der Waals surface area contributed by atoms with Gasteiger partial charge < -0.3 is 10.1 Å². The van der Waals surface area contributed by atoms with E-state index in [0.29, 0.717) is 24.9 Å². The number of nitrogens with one attached hydrogen (secondary N) is 1. The smallest absolute Gasteiger partial charge is 0.372 e. The molecule has 0 aromatic carbocycles. The summed E-state index contributed by atoms with van der Waals surface area (Å²) < 4.78 is 39.8. The Morgan fingerprint density at radius 2 is 1.76 bits per heavy atom. The lowest BCUT2D eigenvalue weighted by Crippen LogP contribution is -2.34. The molecule has 104 valence electrons. The van der Waals surface area contributed by atoms with Crippen molar-refractivity contribution in [2.24, 2.45) is 5.92 Å². The molecule has 0 amide bonds.